The van der Waals surface area contributed by atoms with Crippen LogP contribution in [0.15, 0.2) is 0 Å². The van der Waals surface area contributed by atoms with Crippen molar-refractivity contribution >= 4 is 28.8 Å². The van der Waals surface area contributed by atoms with E-state index in [2.05, 4.69) is 25.9 Å². The van der Waals surface area contributed by atoms with Crippen LogP contribution in [0, 0.1) is 0 Å². The molecule has 0 radical (unpaired) electrons. The summed E-state index contributed by atoms with van der Waals surface area (Å²) in [6.45, 7) is 0.400. The number of aromatic nitrogens is 4. The van der Waals surface area contributed by atoms with Crippen LogP contribution in [0.25, 0.3) is 0 Å². The van der Waals surface area contributed by atoms with Gasteiger partial charge in [0.15, 0.2) is 5.82 Å². The summed E-state index contributed by atoms with van der Waals surface area (Å²) in [4.78, 5) is 35.0. The van der Waals surface area contributed by atoms with E-state index in [1.54, 1.807) is 0 Å². The topological polar surface area (TPSA) is 121 Å². The Morgan fingerprint density at radius 3 is 2.94 bits per heavy atom. The van der Waals surface area contributed by atoms with Gasteiger partial charge in [-0.05, 0) is 0 Å². The summed E-state index contributed by atoms with van der Waals surface area (Å²) in [5.74, 6) is -0.0488. The van der Waals surface area contributed by atoms with Crippen LogP contribution in [-0.4, -0.2) is 61.4 Å². The van der Waals surface area contributed by atoms with Crippen LogP contribution in [0.5, 0.6) is 0 Å². The lowest BCUT2D eigenvalue weighted by atomic mass is 10.4. The summed E-state index contributed by atoms with van der Waals surface area (Å²) >= 11 is 0.968. The van der Waals surface area contributed by atoms with Gasteiger partial charge in [0.05, 0.1) is 12.2 Å². The monoisotopic (exact) mass is 270 g/mol. The first-order valence-electron chi connectivity index (χ1n) is 5.13. The average Bonchev–Trinajstić information content (AvgIpc) is 2.93. The molecule has 10 heteroatoms. The van der Waals surface area contributed by atoms with Gasteiger partial charge in [-0.3, -0.25) is 19.3 Å². The highest BCUT2D eigenvalue weighted by atomic mass is 32.2. The van der Waals surface area contributed by atoms with E-state index < -0.39 is 0 Å². The van der Waals surface area contributed by atoms with Gasteiger partial charge < -0.3 is 5.32 Å². The van der Waals surface area contributed by atoms with Crippen molar-refractivity contribution in [2.75, 3.05) is 18.8 Å². The second-order valence-electron chi connectivity index (χ2n) is 3.45. The van der Waals surface area contributed by atoms with Crippen LogP contribution in [0.1, 0.15) is 5.82 Å². The van der Waals surface area contributed by atoms with Crippen LogP contribution in [0.4, 0.5) is 4.79 Å². The van der Waals surface area contributed by atoms with E-state index in [1.165, 1.54) is 0 Å². The van der Waals surface area contributed by atoms with Gasteiger partial charge in [-0.2, -0.15) is 5.21 Å². The number of imide groups is 1. The second-order valence-corrected chi connectivity index (χ2v) is 4.38. The highest BCUT2D eigenvalue weighted by Crippen LogP contribution is 2.17. The van der Waals surface area contributed by atoms with Gasteiger partial charge in [0, 0.05) is 13.1 Å². The maximum atomic E-state index is 11.4. The Bertz CT molecular complexity index is 445. The molecule has 1 saturated heterocycles. The van der Waals surface area contributed by atoms with Gasteiger partial charge in [0.25, 0.3) is 5.24 Å². The van der Waals surface area contributed by atoms with E-state index in [0.717, 1.165) is 16.7 Å². The fourth-order valence-corrected chi connectivity index (χ4v) is 2.12. The van der Waals surface area contributed by atoms with E-state index >= 15 is 0 Å². The predicted octanol–water partition coefficient (Wildman–Crippen LogP) is -1.45. The van der Waals surface area contributed by atoms with Crippen molar-refractivity contribution in [3.63, 3.8) is 0 Å². The number of rotatable bonds is 5. The number of carbonyl (C=O) groups excluding carboxylic acids is 3. The molecule has 96 valence electrons. The van der Waals surface area contributed by atoms with Gasteiger partial charge in [-0.1, -0.05) is 17.0 Å². The molecule has 0 atom stereocenters. The van der Waals surface area contributed by atoms with Gasteiger partial charge in [0.1, 0.15) is 0 Å². The molecular formula is C8H10N6O3S. The average molecular weight is 270 g/mol. The molecule has 2 N–H and O–H groups in total. The number of H-pyrrole nitrogens is 1. The number of hydrogen-bond donors (Lipinski definition) is 2. The molecular weight excluding hydrogens is 260 g/mol. The molecule has 9 nitrogen and oxygen atoms in total. The smallest absolute Gasteiger partial charge is 0.288 e. The van der Waals surface area contributed by atoms with E-state index in [0.29, 0.717) is 0 Å². The molecule has 1 aromatic heterocycles. The minimum absolute atomic E-state index is 0.00709. The Hall–Kier alpha value is -1.97. The third-order valence-corrected chi connectivity index (χ3v) is 3.06. The Morgan fingerprint density at radius 1 is 1.50 bits per heavy atom. The SMILES string of the molecule is O=C(Cc1nn[nH]n1)NCCN1C(=O)CSC1=O. The number of nitrogens with one attached hydrogen (secondary N) is 2. The van der Waals surface area contributed by atoms with Crippen LogP contribution in [0.3, 0.4) is 0 Å². The van der Waals surface area contributed by atoms with E-state index in [4.69, 9.17) is 0 Å². The summed E-state index contributed by atoms with van der Waals surface area (Å²) in [7, 11) is 0. The molecule has 2 rings (SSSR count). The van der Waals surface area contributed by atoms with Crippen LogP contribution < -0.4 is 5.32 Å². The molecule has 1 aromatic rings. The largest absolute Gasteiger partial charge is 0.354 e. The van der Waals surface area contributed by atoms with E-state index in [9.17, 15) is 14.4 Å². The molecule has 1 fully saturated rings. The predicted molar refractivity (Wildman–Crippen MR) is 60.5 cm³/mol. The van der Waals surface area contributed by atoms with Gasteiger partial charge >= 0.3 is 0 Å². The minimum atomic E-state index is -0.289. The molecule has 0 bridgehead atoms. The maximum Gasteiger partial charge on any atom is 0.288 e. The number of tetrazole rings is 1. The van der Waals surface area contributed by atoms with Crippen LogP contribution in [0.2, 0.25) is 0 Å². The molecule has 0 unspecified atom stereocenters. The Labute approximate surface area is 106 Å². The molecule has 0 aromatic carbocycles. The number of hydrogen-bond acceptors (Lipinski definition) is 7. The number of amides is 3. The molecule has 3 amide bonds. The summed E-state index contributed by atoms with van der Waals surface area (Å²) < 4.78 is 0. The Morgan fingerprint density at radius 2 is 2.33 bits per heavy atom. The number of thioether (sulfide) groups is 1. The van der Waals surface area contributed by atoms with Crippen molar-refractivity contribution in [2.24, 2.45) is 0 Å². The lowest BCUT2D eigenvalue weighted by Gasteiger charge is -2.12. The molecule has 2 heterocycles. The lowest BCUT2D eigenvalue weighted by Crippen LogP contribution is -2.38. The van der Waals surface area contributed by atoms with Crippen LogP contribution in [-0.2, 0) is 16.0 Å². The highest BCUT2D eigenvalue weighted by Gasteiger charge is 2.29. The minimum Gasteiger partial charge on any atom is -0.354 e. The summed E-state index contributed by atoms with van der Waals surface area (Å²) in [6, 6.07) is 0. The van der Waals surface area contributed by atoms with Crippen LogP contribution >= 0.6 is 11.8 Å². The van der Waals surface area contributed by atoms with Crippen molar-refractivity contribution < 1.29 is 14.4 Å². The first-order chi connectivity index (χ1) is 8.66. The standard InChI is InChI=1S/C8H10N6O3S/c15-6(3-5-10-12-13-11-5)9-1-2-14-7(16)4-18-8(14)17/h1-4H2,(H,9,15)(H,10,11,12,13). The quantitative estimate of drug-likeness (QED) is 0.671. The zero-order valence-electron chi connectivity index (χ0n) is 9.25. The van der Waals surface area contributed by atoms with Crippen molar-refractivity contribution in [3.05, 3.63) is 5.82 Å². The van der Waals surface area contributed by atoms with Gasteiger partial charge in [0.2, 0.25) is 11.8 Å². The summed E-state index contributed by atoms with van der Waals surface area (Å²) in [5, 5.41) is 15.1. The van der Waals surface area contributed by atoms with E-state index in [1.807, 2.05) is 0 Å². The molecule has 18 heavy (non-hydrogen) atoms. The molecule has 1 aliphatic heterocycles. The fourth-order valence-electron chi connectivity index (χ4n) is 1.37. The second kappa shape index (κ2) is 5.58. The van der Waals surface area contributed by atoms with E-state index in [-0.39, 0.29) is 48.1 Å². The number of nitrogens with zero attached hydrogens (tertiary/aromatic N) is 4. The Balaban J connectivity index is 1.70. The zero-order chi connectivity index (χ0) is 13.0. The lowest BCUT2D eigenvalue weighted by molar-refractivity contribution is -0.125. The van der Waals surface area contributed by atoms with Gasteiger partial charge in [-0.15, -0.1) is 10.2 Å². The first kappa shape index (κ1) is 12.5. The van der Waals surface area contributed by atoms with Crippen molar-refractivity contribution in [1.82, 2.24) is 30.8 Å². The first-order valence-corrected chi connectivity index (χ1v) is 6.11. The number of aromatic amines is 1. The molecule has 0 aliphatic carbocycles. The van der Waals surface area contributed by atoms with Crippen molar-refractivity contribution in [2.45, 2.75) is 6.42 Å². The summed E-state index contributed by atoms with van der Waals surface area (Å²) in [6.07, 6.45) is 0.00709. The summed E-state index contributed by atoms with van der Waals surface area (Å²) in [5.41, 5.74) is 0. The molecule has 1 aliphatic rings. The maximum absolute atomic E-state index is 11.4. The Kier molecular flexibility index (Phi) is 3.87. The molecule has 0 spiro atoms. The third kappa shape index (κ3) is 3.03. The van der Waals surface area contributed by atoms with Crippen molar-refractivity contribution in [3.8, 4) is 0 Å². The van der Waals surface area contributed by atoms with Crippen molar-refractivity contribution in [1.29, 1.82) is 0 Å². The third-order valence-electron chi connectivity index (χ3n) is 2.21. The zero-order valence-corrected chi connectivity index (χ0v) is 10.1. The fraction of sp³-hybridized carbons (Fsp3) is 0.500. The highest BCUT2D eigenvalue weighted by molar-refractivity contribution is 8.14. The van der Waals surface area contributed by atoms with Gasteiger partial charge in [-0.25, -0.2) is 0 Å². The molecule has 0 saturated carbocycles. The normalized spacial score (nSPS) is 15.2. The number of carbonyl (C=O) groups is 3.